The van der Waals surface area contributed by atoms with Gasteiger partial charge in [-0.2, -0.15) is 0 Å². The summed E-state index contributed by atoms with van der Waals surface area (Å²) in [4.78, 5) is 13.7. The van der Waals surface area contributed by atoms with Gasteiger partial charge in [0.15, 0.2) is 0 Å². The minimum Gasteiger partial charge on any atom is -0.465 e. The molecule has 3 nitrogen and oxygen atoms in total. The van der Waals surface area contributed by atoms with Gasteiger partial charge >= 0.3 is 5.97 Å². The molecule has 16 heavy (non-hydrogen) atoms. The van der Waals surface area contributed by atoms with E-state index < -0.39 is 0 Å². The molecule has 94 valence electrons. The number of hydrogen-bond donors (Lipinski definition) is 0. The molecule has 0 aromatic heterocycles. The van der Waals surface area contributed by atoms with Crippen LogP contribution in [0.1, 0.15) is 47.0 Å². The topological polar surface area (TPSA) is 29.5 Å². The average molecular weight is 227 g/mol. The van der Waals surface area contributed by atoms with Crippen molar-refractivity contribution in [3.8, 4) is 0 Å². The highest BCUT2D eigenvalue weighted by molar-refractivity contribution is 5.71. The van der Waals surface area contributed by atoms with Gasteiger partial charge in [-0.3, -0.25) is 9.69 Å². The first-order chi connectivity index (χ1) is 7.42. The average Bonchev–Trinajstić information content (AvgIpc) is 2.94. The van der Waals surface area contributed by atoms with Crippen LogP contribution >= 0.6 is 0 Å². The fourth-order valence-corrected chi connectivity index (χ4v) is 1.68. The fourth-order valence-electron chi connectivity index (χ4n) is 1.68. The SMILES string of the molecule is CCOC(=O)CN(CCC(C)(C)C)C1CC1. The van der Waals surface area contributed by atoms with E-state index in [0.29, 0.717) is 24.6 Å². The lowest BCUT2D eigenvalue weighted by Crippen LogP contribution is -2.35. The molecule has 0 amide bonds. The Labute approximate surface area is 99.1 Å². The van der Waals surface area contributed by atoms with Crippen LogP contribution in [0.5, 0.6) is 0 Å². The number of carbonyl (C=O) groups is 1. The molecule has 0 bridgehead atoms. The molecule has 1 fully saturated rings. The number of esters is 1. The Kier molecular flexibility index (Phi) is 4.78. The fraction of sp³-hybridized carbons (Fsp3) is 0.923. The van der Waals surface area contributed by atoms with E-state index in [1.165, 1.54) is 12.8 Å². The highest BCUT2D eigenvalue weighted by atomic mass is 16.5. The van der Waals surface area contributed by atoms with Crippen LogP contribution in [0, 0.1) is 5.41 Å². The van der Waals surface area contributed by atoms with Gasteiger partial charge in [0.2, 0.25) is 0 Å². The molecule has 0 aliphatic heterocycles. The molecule has 0 spiro atoms. The predicted molar refractivity (Wildman–Crippen MR) is 65.3 cm³/mol. The molecule has 0 aromatic rings. The molecule has 1 aliphatic carbocycles. The number of rotatable bonds is 6. The van der Waals surface area contributed by atoms with Gasteiger partial charge in [-0.1, -0.05) is 20.8 Å². The lowest BCUT2D eigenvalue weighted by Gasteiger charge is -2.25. The maximum atomic E-state index is 11.4. The summed E-state index contributed by atoms with van der Waals surface area (Å²) in [5.74, 6) is -0.0803. The highest BCUT2D eigenvalue weighted by Crippen LogP contribution is 2.28. The molecule has 0 saturated heterocycles. The number of carbonyl (C=O) groups excluding carboxylic acids is 1. The van der Waals surface area contributed by atoms with Crippen molar-refractivity contribution in [3.05, 3.63) is 0 Å². The molecule has 0 radical (unpaired) electrons. The van der Waals surface area contributed by atoms with E-state index in [4.69, 9.17) is 4.74 Å². The Morgan fingerprint density at radius 2 is 2.00 bits per heavy atom. The largest absolute Gasteiger partial charge is 0.465 e. The van der Waals surface area contributed by atoms with E-state index in [9.17, 15) is 4.79 Å². The van der Waals surface area contributed by atoms with E-state index in [1.54, 1.807) is 0 Å². The van der Waals surface area contributed by atoms with E-state index in [1.807, 2.05) is 6.92 Å². The van der Waals surface area contributed by atoms with Gasteiger partial charge in [-0.05, 0) is 38.1 Å². The minimum atomic E-state index is -0.0803. The summed E-state index contributed by atoms with van der Waals surface area (Å²) in [5, 5.41) is 0. The molecule has 1 rings (SSSR count). The van der Waals surface area contributed by atoms with Gasteiger partial charge in [-0.15, -0.1) is 0 Å². The van der Waals surface area contributed by atoms with Crippen LogP contribution in [0.15, 0.2) is 0 Å². The van der Waals surface area contributed by atoms with Crippen molar-refractivity contribution in [1.82, 2.24) is 4.90 Å². The molecule has 1 saturated carbocycles. The van der Waals surface area contributed by atoms with Crippen molar-refractivity contribution >= 4 is 5.97 Å². The van der Waals surface area contributed by atoms with Crippen LogP contribution in [-0.4, -0.2) is 36.6 Å². The predicted octanol–water partition coefficient (Wildman–Crippen LogP) is 2.45. The van der Waals surface area contributed by atoms with Crippen LogP contribution in [0.4, 0.5) is 0 Å². The van der Waals surface area contributed by atoms with E-state index in [0.717, 1.165) is 13.0 Å². The number of ether oxygens (including phenoxy) is 1. The third kappa shape index (κ3) is 5.50. The van der Waals surface area contributed by atoms with Gasteiger partial charge in [0.05, 0.1) is 13.2 Å². The number of hydrogen-bond acceptors (Lipinski definition) is 3. The lowest BCUT2D eigenvalue weighted by molar-refractivity contribution is -0.144. The Balaban J connectivity index is 2.33. The lowest BCUT2D eigenvalue weighted by atomic mass is 9.92. The highest BCUT2D eigenvalue weighted by Gasteiger charge is 2.31. The van der Waals surface area contributed by atoms with E-state index in [2.05, 4.69) is 25.7 Å². The first-order valence-electron chi connectivity index (χ1n) is 6.32. The summed E-state index contributed by atoms with van der Waals surface area (Å²) in [6.45, 7) is 10.5. The van der Waals surface area contributed by atoms with Gasteiger partial charge in [0.1, 0.15) is 0 Å². The smallest absolute Gasteiger partial charge is 0.320 e. The van der Waals surface area contributed by atoms with E-state index in [-0.39, 0.29) is 5.97 Å². The van der Waals surface area contributed by atoms with Crippen LogP contribution in [-0.2, 0) is 9.53 Å². The first kappa shape index (κ1) is 13.5. The maximum absolute atomic E-state index is 11.4. The number of nitrogens with zero attached hydrogens (tertiary/aromatic N) is 1. The minimum absolute atomic E-state index is 0.0803. The molecule has 0 unspecified atom stereocenters. The Bertz CT molecular complexity index is 229. The summed E-state index contributed by atoms with van der Waals surface area (Å²) in [6.07, 6.45) is 3.61. The van der Waals surface area contributed by atoms with Gasteiger partial charge in [0.25, 0.3) is 0 Å². The second-order valence-corrected chi connectivity index (χ2v) is 5.82. The third-order valence-corrected chi connectivity index (χ3v) is 2.85. The maximum Gasteiger partial charge on any atom is 0.320 e. The summed E-state index contributed by atoms with van der Waals surface area (Å²) < 4.78 is 5.00. The van der Waals surface area contributed by atoms with Crippen LogP contribution in [0.3, 0.4) is 0 Å². The monoisotopic (exact) mass is 227 g/mol. The third-order valence-electron chi connectivity index (χ3n) is 2.85. The van der Waals surface area contributed by atoms with E-state index >= 15 is 0 Å². The van der Waals surface area contributed by atoms with Crippen LogP contribution < -0.4 is 0 Å². The molecule has 0 heterocycles. The zero-order valence-electron chi connectivity index (χ0n) is 11.1. The standard InChI is InChI=1S/C13H25NO2/c1-5-16-12(15)10-14(11-6-7-11)9-8-13(2,3)4/h11H,5-10H2,1-4H3. The second kappa shape index (κ2) is 5.67. The quantitative estimate of drug-likeness (QED) is 0.653. The summed E-state index contributed by atoms with van der Waals surface area (Å²) >= 11 is 0. The Morgan fingerprint density at radius 1 is 1.38 bits per heavy atom. The van der Waals surface area contributed by atoms with Crippen LogP contribution in [0.25, 0.3) is 0 Å². The second-order valence-electron chi connectivity index (χ2n) is 5.82. The van der Waals surface area contributed by atoms with Crippen molar-refractivity contribution in [3.63, 3.8) is 0 Å². The van der Waals surface area contributed by atoms with Crippen molar-refractivity contribution in [2.24, 2.45) is 5.41 Å². The molecule has 0 atom stereocenters. The zero-order valence-corrected chi connectivity index (χ0v) is 11.1. The van der Waals surface area contributed by atoms with Gasteiger partial charge in [-0.25, -0.2) is 0 Å². The van der Waals surface area contributed by atoms with Gasteiger partial charge < -0.3 is 4.74 Å². The molecule has 3 heteroatoms. The molecule has 1 aliphatic rings. The molecule has 0 aromatic carbocycles. The summed E-state index contributed by atoms with van der Waals surface area (Å²) in [7, 11) is 0. The van der Waals surface area contributed by atoms with Crippen molar-refractivity contribution in [1.29, 1.82) is 0 Å². The molecule has 0 N–H and O–H groups in total. The van der Waals surface area contributed by atoms with Crippen molar-refractivity contribution in [2.75, 3.05) is 19.7 Å². The van der Waals surface area contributed by atoms with Crippen molar-refractivity contribution < 1.29 is 9.53 Å². The zero-order chi connectivity index (χ0) is 12.2. The van der Waals surface area contributed by atoms with Crippen molar-refractivity contribution in [2.45, 2.75) is 53.0 Å². The molecular formula is C13H25NO2. The summed E-state index contributed by atoms with van der Waals surface area (Å²) in [5.41, 5.74) is 0.335. The molecular weight excluding hydrogens is 202 g/mol. The first-order valence-corrected chi connectivity index (χ1v) is 6.32. The summed E-state index contributed by atoms with van der Waals surface area (Å²) in [6, 6.07) is 0.631. The van der Waals surface area contributed by atoms with Gasteiger partial charge in [0, 0.05) is 6.04 Å². The Hall–Kier alpha value is -0.570. The normalized spacial score (nSPS) is 16.6. The Morgan fingerprint density at radius 3 is 2.44 bits per heavy atom. The van der Waals surface area contributed by atoms with Crippen LogP contribution in [0.2, 0.25) is 0 Å².